The Labute approximate surface area is 159 Å². The van der Waals surface area contributed by atoms with Crippen LogP contribution in [0.4, 0.5) is 0 Å². The van der Waals surface area contributed by atoms with E-state index in [4.69, 9.17) is 4.74 Å². The fourth-order valence-corrected chi connectivity index (χ4v) is 3.00. The van der Waals surface area contributed by atoms with Crippen molar-refractivity contribution in [2.75, 3.05) is 7.11 Å². The molecule has 3 rings (SSSR count). The maximum atomic E-state index is 13.3. The van der Waals surface area contributed by atoms with Crippen molar-refractivity contribution in [2.45, 2.75) is 12.6 Å². The highest BCUT2D eigenvalue weighted by Crippen LogP contribution is 2.26. The van der Waals surface area contributed by atoms with Crippen LogP contribution in [0.2, 0.25) is 0 Å². The number of rotatable bonds is 6. The van der Waals surface area contributed by atoms with Crippen molar-refractivity contribution in [3.05, 3.63) is 108 Å². The summed E-state index contributed by atoms with van der Waals surface area (Å²) in [6.45, 7) is 0.295. The molecule has 0 spiro atoms. The van der Waals surface area contributed by atoms with Gasteiger partial charge in [0.05, 0.1) is 7.11 Å². The lowest BCUT2D eigenvalue weighted by molar-refractivity contribution is -0.146. The topological polar surface area (TPSA) is 46.6 Å². The molecule has 3 aromatic carbocycles. The fourth-order valence-electron chi connectivity index (χ4n) is 3.00. The van der Waals surface area contributed by atoms with Gasteiger partial charge in [-0.3, -0.25) is 4.79 Å². The molecule has 0 bridgehead atoms. The molecular formula is C23H21NO3. The number of hydrogen-bond donors (Lipinski definition) is 0. The summed E-state index contributed by atoms with van der Waals surface area (Å²) in [5, 5.41) is 0. The first-order valence-electron chi connectivity index (χ1n) is 8.73. The Balaban J connectivity index is 2.05. The Kier molecular flexibility index (Phi) is 6.00. The number of methoxy groups -OCH3 is 1. The average Bonchev–Trinajstić information content (AvgIpc) is 2.74. The third kappa shape index (κ3) is 4.42. The summed E-state index contributed by atoms with van der Waals surface area (Å²) in [6.07, 6.45) is 0. The summed E-state index contributed by atoms with van der Waals surface area (Å²) in [6, 6.07) is 27.0. The zero-order valence-electron chi connectivity index (χ0n) is 15.1. The van der Waals surface area contributed by atoms with Crippen molar-refractivity contribution < 1.29 is 14.3 Å². The first kappa shape index (κ1) is 18.4. The summed E-state index contributed by atoms with van der Waals surface area (Å²) in [7, 11) is 1.34. The van der Waals surface area contributed by atoms with Crippen LogP contribution in [-0.4, -0.2) is 23.9 Å². The highest BCUT2D eigenvalue weighted by molar-refractivity contribution is 5.97. The van der Waals surface area contributed by atoms with Gasteiger partial charge in [0.15, 0.2) is 6.04 Å². The van der Waals surface area contributed by atoms with Crippen molar-refractivity contribution in [3.8, 4) is 0 Å². The van der Waals surface area contributed by atoms with E-state index in [2.05, 4.69) is 0 Å². The number of esters is 1. The Bertz CT molecular complexity index is 879. The van der Waals surface area contributed by atoms with Crippen molar-refractivity contribution in [2.24, 2.45) is 0 Å². The van der Waals surface area contributed by atoms with E-state index in [0.717, 1.165) is 5.56 Å². The summed E-state index contributed by atoms with van der Waals surface area (Å²) < 4.78 is 5.04. The number of carbonyl (C=O) groups excluding carboxylic acids is 2. The number of benzene rings is 3. The fraction of sp³-hybridized carbons (Fsp3) is 0.130. The predicted molar refractivity (Wildman–Crippen MR) is 104 cm³/mol. The molecule has 0 fully saturated rings. The van der Waals surface area contributed by atoms with E-state index in [9.17, 15) is 9.59 Å². The second kappa shape index (κ2) is 8.81. The van der Waals surface area contributed by atoms with Crippen LogP contribution >= 0.6 is 0 Å². The monoisotopic (exact) mass is 359 g/mol. The molecule has 0 radical (unpaired) electrons. The molecule has 27 heavy (non-hydrogen) atoms. The summed E-state index contributed by atoms with van der Waals surface area (Å²) >= 11 is 0. The van der Waals surface area contributed by atoms with E-state index >= 15 is 0 Å². The SMILES string of the molecule is COC(=O)[C@H](c1ccccc1)N(Cc1ccccc1)C(=O)c1ccccc1. The van der Waals surface area contributed by atoms with Gasteiger partial charge in [-0.05, 0) is 23.3 Å². The molecule has 0 aliphatic rings. The standard InChI is InChI=1S/C23H21NO3/c1-27-23(26)21(19-13-7-3-8-14-19)24(17-18-11-5-2-6-12-18)22(25)20-15-9-4-10-16-20/h2-16,21H,17H2,1H3/t21-/m0/s1. The van der Waals surface area contributed by atoms with Crippen LogP contribution in [0.5, 0.6) is 0 Å². The number of carbonyl (C=O) groups is 2. The number of nitrogens with zero attached hydrogens (tertiary/aromatic N) is 1. The maximum absolute atomic E-state index is 13.3. The van der Waals surface area contributed by atoms with Gasteiger partial charge in [0.25, 0.3) is 5.91 Å². The van der Waals surface area contributed by atoms with Gasteiger partial charge in [0.2, 0.25) is 0 Å². The molecule has 0 saturated heterocycles. The highest BCUT2D eigenvalue weighted by Gasteiger charge is 2.32. The number of hydrogen-bond acceptors (Lipinski definition) is 3. The molecule has 0 aliphatic carbocycles. The van der Waals surface area contributed by atoms with Gasteiger partial charge < -0.3 is 9.64 Å². The number of amides is 1. The minimum absolute atomic E-state index is 0.223. The quantitative estimate of drug-likeness (QED) is 0.618. The molecule has 0 heterocycles. The first-order valence-corrected chi connectivity index (χ1v) is 8.73. The van der Waals surface area contributed by atoms with Gasteiger partial charge >= 0.3 is 5.97 Å². The molecule has 3 aromatic rings. The van der Waals surface area contributed by atoms with Gasteiger partial charge in [-0.2, -0.15) is 0 Å². The molecule has 0 aliphatic heterocycles. The van der Waals surface area contributed by atoms with E-state index in [-0.39, 0.29) is 5.91 Å². The van der Waals surface area contributed by atoms with Crippen molar-refractivity contribution >= 4 is 11.9 Å². The molecule has 0 unspecified atom stereocenters. The van der Waals surface area contributed by atoms with Gasteiger partial charge in [-0.15, -0.1) is 0 Å². The minimum atomic E-state index is -0.830. The summed E-state index contributed by atoms with van der Waals surface area (Å²) in [5.74, 6) is -0.694. The lowest BCUT2D eigenvalue weighted by Crippen LogP contribution is -2.39. The van der Waals surface area contributed by atoms with Crippen molar-refractivity contribution in [1.82, 2.24) is 4.90 Å². The third-order valence-corrected chi connectivity index (χ3v) is 4.33. The van der Waals surface area contributed by atoms with E-state index in [1.165, 1.54) is 7.11 Å². The maximum Gasteiger partial charge on any atom is 0.333 e. The third-order valence-electron chi connectivity index (χ3n) is 4.33. The van der Waals surface area contributed by atoms with Crippen LogP contribution in [0, 0.1) is 0 Å². The normalized spacial score (nSPS) is 11.4. The molecular weight excluding hydrogens is 338 g/mol. The summed E-state index contributed by atoms with van der Waals surface area (Å²) in [5.41, 5.74) is 2.18. The van der Waals surface area contributed by atoms with Crippen molar-refractivity contribution in [1.29, 1.82) is 0 Å². The van der Waals surface area contributed by atoms with Crippen LogP contribution < -0.4 is 0 Å². The van der Waals surface area contributed by atoms with Gasteiger partial charge in [-0.1, -0.05) is 78.9 Å². The lowest BCUT2D eigenvalue weighted by atomic mass is 10.0. The minimum Gasteiger partial charge on any atom is -0.467 e. The van der Waals surface area contributed by atoms with Gasteiger partial charge in [-0.25, -0.2) is 4.79 Å². The van der Waals surface area contributed by atoms with Gasteiger partial charge in [0.1, 0.15) is 0 Å². The van der Waals surface area contributed by atoms with Crippen LogP contribution in [-0.2, 0) is 16.1 Å². The van der Waals surface area contributed by atoms with E-state index in [1.807, 2.05) is 78.9 Å². The average molecular weight is 359 g/mol. The zero-order chi connectivity index (χ0) is 19.1. The van der Waals surface area contributed by atoms with Crippen molar-refractivity contribution in [3.63, 3.8) is 0 Å². The van der Waals surface area contributed by atoms with E-state index in [1.54, 1.807) is 17.0 Å². The van der Waals surface area contributed by atoms with E-state index < -0.39 is 12.0 Å². The Hall–Kier alpha value is -3.40. The molecule has 0 aromatic heterocycles. The molecule has 4 heteroatoms. The molecule has 4 nitrogen and oxygen atoms in total. The smallest absolute Gasteiger partial charge is 0.333 e. The Morgan fingerprint density at radius 1 is 0.815 bits per heavy atom. The van der Waals surface area contributed by atoms with Crippen LogP contribution in [0.1, 0.15) is 27.5 Å². The Morgan fingerprint density at radius 2 is 1.33 bits per heavy atom. The van der Waals surface area contributed by atoms with Crippen LogP contribution in [0.25, 0.3) is 0 Å². The molecule has 0 N–H and O–H groups in total. The molecule has 1 amide bonds. The van der Waals surface area contributed by atoms with E-state index in [0.29, 0.717) is 17.7 Å². The van der Waals surface area contributed by atoms with Crippen LogP contribution in [0.3, 0.4) is 0 Å². The lowest BCUT2D eigenvalue weighted by Gasteiger charge is -2.30. The molecule has 1 atom stereocenters. The first-order chi connectivity index (χ1) is 13.2. The zero-order valence-corrected chi connectivity index (χ0v) is 15.1. The number of ether oxygens (including phenoxy) is 1. The second-order valence-corrected chi connectivity index (χ2v) is 6.12. The predicted octanol–water partition coefficient (Wildman–Crippen LogP) is 4.24. The Morgan fingerprint density at radius 3 is 1.89 bits per heavy atom. The van der Waals surface area contributed by atoms with Crippen LogP contribution in [0.15, 0.2) is 91.0 Å². The molecule has 136 valence electrons. The highest BCUT2D eigenvalue weighted by atomic mass is 16.5. The summed E-state index contributed by atoms with van der Waals surface area (Å²) in [4.78, 5) is 27.5. The molecule has 0 saturated carbocycles. The van der Waals surface area contributed by atoms with Gasteiger partial charge in [0, 0.05) is 12.1 Å². The largest absolute Gasteiger partial charge is 0.467 e. The second-order valence-electron chi connectivity index (χ2n) is 6.12.